The quantitative estimate of drug-likeness (QED) is 0.160. The second kappa shape index (κ2) is 12.6. The van der Waals surface area contributed by atoms with E-state index in [0.29, 0.717) is 34.4 Å². The van der Waals surface area contributed by atoms with E-state index in [1.54, 1.807) is 54.6 Å². The van der Waals surface area contributed by atoms with E-state index in [4.69, 9.17) is 18.9 Å². The second-order valence-corrected chi connectivity index (χ2v) is 12.4. The van der Waals surface area contributed by atoms with E-state index < -0.39 is 9.84 Å². The van der Waals surface area contributed by atoms with Crippen LogP contribution in [-0.4, -0.2) is 13.4 Å². The van der Waals surface area contributed by atoms with Gasteiger partial charge in [0.15, 0.2) is 5.76 Å². The van der Waals surface area contributed by atoms with Crippen molar-refractivity contribution in [3.05, 3.63) is 164 Å². The third-order valence-electron chi connectivity index (χ3n) is 7.29. The minimum Gasteiger partial charge on any atom is -0.457 e. The average molecular weight is 622 g/mol. The topological polar surface area (TPSA) is 78.6 Å². The van der Waals surface area contributed by atoms with Crippen molar-refractivity contribution < 1.29 is 22.3 Å². The van der Waals surface area contributed by atoms with E-state index in [1.807, 2.05) is 109 Å². The highest BCUT2D eigenvalue weighted by Gasteiger charge is 2.21. The van der Waals surface area contributed by atoms with Crippen LogP contribution in [0.3, 0.4) is 0 Å². The van der Waals surface area contributed by atoms with Gasteiger partial charge in [-0.2, -0.15) is 0 Å². The monoisotopic (exact) mass is 621 g/mol. The summed E-state index contributed by atoms with van der Waals surface area (Å²) >= 11 is 0. The second-order valence-electron chi connectivity index (χ2n) is 10.4. The number of benzene rings is 6. The minimum atomic E-state index is -3.66. The van der Waals surface area contributed by atoms with Gasteiger partial charge in [-0.25, -0.2) is 13.4 Å². The van der Waals surface area contributed by atoms with E-state index in [2.05, 4.69) is 0 Å². The van der Waals surface area contributed by atoms with Gasteiger partial charge in [0.25, 0.3) is 0 Å². The third-order valence-corrected chi connectivity index (χ3v) is 9.08. The molecule has 0 bridgehead atoms. The molecule has 0 amide bonds. The van der Waals surface area contributed by atoms with Gasteiger partial charge in [-0.05, 0) is 109 Å². The van der Waals surface area contributed by atoms with Gasteiger partial charge >= 0.3 is 0 Å². The predicted octanol–water partition coefficient (Wildman–Crippen LogP) is 10.1. The molecule has 7 heteroatoms. The van der Waals surface area contributed by atoms with E-state index in [-0.39, 0.29) is 9.79 Å². The highest BCUT2D eigenvalue weighted by atomic mass is 32.2. The van der Waals surface area contributed by atoms with Crippen molar-refractivity contribution in [2.75, 3.05) is 0 Å². The third kappa shape index (κ3) is 6.18. The zero-order valence-electron chi connectivity index (χ0n) is 24.5. The highest BCUT2D eigenvalue weighted by Crippen LogP contribution is 2.38. The van der Waals surface area contributed by atoms with Crippen molar-refractivity contribution >= 4 is 9.84 Å². The van der Waals surface area contributed by atoms with Gasteiger partial charge in [-0.3, -0.25) is 0 Å². The van der Waals surface area contributed by atoms with Gasteiger partial charge in [0, 0.05) is 16.7 Å². The summed E-state index contributed by atoms with van der Waals surface area (Å²) in [5.41, 5.74) is 2.92. The van der Waals surface area contributed by atoms with Crippen molar-refractivity contribution in [1.82, 2.24) is 4.98 Å². The predicted molar refractivity (Wildman–Crippen MR) is 178 cm³/mol. The Morgan fingerprint density at radius 3 is 1.37 bits per heavy atom. The first-order chi connectivity index (χ1) is 22.5. The molecule has 6 nitrogen and oxygen atoms in total. The highest BCUT2D eigenvalue weighted by molar-refractivity contribution is 7.91. The number of ether oxygens (including phenoxy) is 2. The molecule has 7 aromatic rings. The lowest BCUT2D eigenvalue weighted by atomic mass is 10.1. The molecule has 0 unspecified atom stereocenters. The first kappa shape index (κ1) is 28.8. The first-order valence-electron chi connectivity index (χ1n) is 14.6. The Morgan fingerprint density at radius 1 is 0.435 bits per heavy atom. The molecule has 0 N–H and O–H groups in total. The molecule has 7 rings (SSSR count). The molecule has 0 saturated carbocycles. The summed E-state index contributed by atoms with van der Waals surface area (Å²) in [5.74, 6) is 3.80. The number of rotatable bonds is 9. The summed E-state index contributed by atoms with van der Waals surface area (Å²) in [6, 6.07) is 49.4. The van der Waals surface area contributed by atoms with Crippen LogP contribution in [0.4, 0.5) is 0 Å². The van der Waals surface area contributed by atoms with Gasteiger partial charge in [-0.15, -0.1) is 0 Å². The van der Waals surface area contributed by atoms with Crippen molar-refractivity contribution in [3.63, 3.8) is 0 Å². The molecule has 0 atom stereocenters. The zero-order valence-corrected chi connectivity index (χ0v) is 25.3. The fraction of sp³-hybridized carbons (Fsp3) is 0. The van der Waals surface area contributed by atoms with Crippen LogP contribution in [0.15, 0.2) is 178 Å². The lowest BCUT2D eigenvalue weighted by Crippen LogP contribution is -2.01. The molecule has 46 heavy (non-hydrogen) atoms. The number of sulfone groups is 1. The average Bonchev–Trinajstić information content (AvgIpc) is 3.56. The summed E-state index contributed by atoms with van der Waals surface area (Å²) in [7, 11) is -3.66. The van der Waals surface area contributed by atoms with Crippen molar-refractivity contribution in [2.24, 2.45) is 0 Å². The molecule has 0 spiro atoms. The van der Waals surface area contributed by atoms with Gasteiger partial charge in [0.05, 0.1) is 9.79 Å². The summed E-state index contributed by atoms with van der Waals surface area (Å²) in [5, 5.41) is 0. The zero-order chi connectivity index (χ0) is 31.3. The molecule has 0 saturated heterocycles. The molecular weight excluding hydrogens is 594 g/mol. The minimum absolute atomic E-state index is 0.192. The van der Waals surface area contributed by atoms with Crippen molar-refractivity contribution in [1.29, 1.82) is 0 Å². The molecule has 0 aliphatic rings. The summed E-state index contributed by atoms with van der Waals surface area (Å²) in [6.45, 7) is 0. The van der Waals surface area contributed by atoms with E-state index >= 15 is 0 Å². The van der Waals surface area contributed by atoms with Gasteiger partial charge in [0.2, 0.25) is 15.7 Å². The Morgan fingerprint density at radius 2 is 0.848 bits per heavy atom. The summed E-state index contributed by atoms with van der Waals surface area (Å²) in [6.07, 6.45) is 0. The van der Waals surface area contributed by atoms with Crippen LogP contribution < -0.4 is 9.47 Å². The van der Waals surface area contributed by atoms with Crippen molar-refractivity contribution in [3.8, 4) is 57.0 Å². The smallest absolute Gasteiger partial charge is 0.227 e. The van der Waals surface area contributed by atoms with E-state index in [0.717, 1.165) is 22.6 Å². The molecule has 0 radical (unpaired) electrons. The number of nitrogens with zero attached hydrogens (tertiary/aromatic N) is 1. The number of oxazole rings is 1. The number of hydrogen-bond acceptors (Lipinski definition) is 6. The summed E-state index contributed by atoms with van der Waals surface area (Å²) in [4.78, 5) is 5.32. The Hall–Kier alpha value is -5.92. The SMILES string of the molecule is O=S(=O)(c1ccccc1)c1ccc(-c2nc(-c3ccc(Oc4ccccc4)cc3)c(-c3ccc(Oc4ccccc4)cc3)o2)cc1. The number of aromatic nitrogens is 1. The van der Waals surface area contributed by atoms with Crippen molar-refractivity contribution in [2.45, 2.75) is 9.79 Å². The maximum absolute atomic E-state index is 13.1. The fourth-order valence-corrected chi connectivity index (χ4v) is 6.23. The van der Waals surface area contributed by atoms with Crippen LogP contribution in [0.25, 0.3) is 34.0 Å². The largest absolute Gasteiger partial charge is 0.457 e. The molecule has 0 fully saturated rings. The standard InChI is InChI=1S/C39H27NO5S/c41-46(42,35-14-8-3-9-15-35)36-26-20-30(21-27-36)39-40-37(28-16-22-33(23-17-28)43-31-10-4-1-5-11-31)38(45-39)29-18-24-34(25-19-29)44-32-12-6-2-7-13-32/h1-27H. The Balaban J connectivity index is 1.23. The molecule has 1 aromatic heterocycles. The Bertz CT molecular complexity index is 2060. The fourth-order valence-electron chi connectivity index (χ4n) is 4.95. The molecule has 224 valence electrons. The van der Waals surface area contributed by atoms with Crippen LogP contribution in [-0.2, 0) is 9.84 Å². The maximum Gasteiger partial charge on any atom is 0.227 e. The van der Waals surface area contributed by atoms with Crippen LogP contribution in [0.5, 0.6) is 23.0 Å². The molecule has 0 aliphatic heterocycles. The Labute approximate surface area is 267 Å². The van der Waals surface area contributed by atoms with E-state index in [1.165, 1.54) is 0 Å². The van der Waals surface area contributed by atoms with Gasteiger partial charge in [0.1, 0.15) is 28.7 Å². The summed E-state index contributed by atoms with van der Waals surface area (Å²) < 4.78 is 44.6. The lowest BCUT2D eigenvalue weighted by molar-refractivity contribution is 0.482. The molecule has 6 aromatic carbocycles. The number of hydrogen-bond donors (Lipinski definition) is 0. The van der Waals surface area contributed by atoms with Gasteiger partial charge < -0.3 is 13.9 Å². The molecule has 0 aliphatic carbocycles. The van der Waals surface area contributed by atoms with Gasteiger partial charge in [-0.1, -0.05) is 54.6 Å². The van der Waals surface area contributed by atoms with Crippen LogP contribution in [0.2, 0.25) is 0 Å². The molecular formula is C39H27NO5S. The number of para-hydroxylation sites is 2. The normalized spacial score (nSPS) is 11.2. The maximum atomic E-state index is 13.1. The van der Waals surface area contributed by atoms with E-state index in [9.17, 15) is 8.42 Å². The molecule has 1 heterocycles. The Kier molecular flexibility index (Phi) is 7.89. The van der Waals surface area contributed by atoms with Crippen LogP contribution in [0.1, 0.15) is 0 Å². The van der Waals surface area contributed by atoms with Crippen LogP contribution >= 0.6 is 0 Å². The van der Waals surface area contributed by atoms with Crippen LogP contribution in [0, 0.1) is 0 Å². The lowest BCUT2D eigenvalue weighted by Gasteiger charge is -2.08. The first-order valence-corrected chi connectivity index (χ1v) is 16.1.